The molecule has 1 aromatic heterocycles. The van der Waals surface area contributed by atoms with Crippen LogP contribution in [0, 0.1) is 6.92 Å². The number of hydrogen-bond acceptors (Lipinski definition) is 6. The summed E-state index contributed by atoms with van der Waals surface area (Å²) >= 11 is 4.79. The minimum absolute atomic E-state index is 0.0870. The van der Waals surface area contributed by atoms with Crippen LogP contribution in [0.5, 0.6) is 0 Å². The summed E-state index contributed by atoms with van der Waals surface area (Å²) in [6.45, 7) is 2.07. The van der Waals surface area contributed by atoms with E-state index in [0.29, 0.717) is 17.5 Å². The van der Waals surface area contributed by atoms with Crippen molar-refractivity contribution in [2.45, 2.75) is 23.5 Å². The Balaban J connectivity index is 1.69. The molecular formula is C20H22BrN5O3S2. The van der Waals surface area contributed by atoms with E-state index >= 15 is 0 Å². The van der Waals surface area contributed by atoms with Gasteiger partial charge in [-0.15, -0.1) is 0 Å². The van der Waals surface area contributed by atoms with Crippen LogP contribution in [0.4, 0.5) is 0 Å². The van der Waals surface area contributed by atoms with Gasteiger partial charge in [-0.05, 0) is 36.8 Å². The van der Waals surface area contributed by atoms with Gasteiger partial charge in [0.2, 0.25) is 15.9 Å². The first-order valence-electron chi connectivity index (χ1n) is 9.41. The largest absolute Gasteiger partial charge is 0.354 e. The second kappa shape index (κ2) is 10.9. The summed E-state index contributed by atoms with van der Waals surface area (Å²) in [5.41, 5.74) is 1.74. The van der Waals surface area contributed by atoms with Gasteiger partial charge in [0.1, 0.15) is 6.33 Å². The van der Waals surface area contributed by atoms with Crippen molar-refractivity contribution in [1.29, 1.82) is 0 Å². The third-order valence-electron chi connectivity index (χ3n) is 4.31. The lowest BCUT2D eigenvalue weighted by atomic mass is 10.2. The molecule has 0 aliphatic rings. The number of rotatable bonds is 10. The van der Waals surface area contributed by atoms with E-state index in [1.165, 1.54) is 22.4 Å². The number of thioether (sulfide) groups is 1. The highest BCUT2D eigenvalue weighted by molar-refractivity contribution is 9.10. The van der Waals surface area contributed by atoms with Crippen molar-refractivity contribution >= 4 is 43.6 Å². The van der Waals surface area contributed by atoms with Crippen molar-refractivity contribution in [3.05, 3.63) is 70.5 Å². The summed E-state index contributed by atoms with van der Waals surface area (Å²) < 4.78 is 28.6. The first-order valence-corrected chi connectivity index (χ1v) is 12.6. The van der Waals surface area contributed by atoms with Gasteiger partial charge in [-0.25, -0.2) is 13.4 Å². The van der Waals surface area contributed by atoms with Crippen LogP contribution in [0.2, 0.25) is 0 Å². The zero-order valence-corrected chi connectivity index (χ0v) is 20.0. The second-order valence-corrected chi connectivity index (χ2v) is 10.6. The Labute approximate surface area is 194 Å². The van der Waals surface area contributed by atoms with Crippen LogP contribution < -0.4 is 5.32 Å². The van der Waals surface area contributed by atoms with E-state index in [1.807, 2.05) is 31.2 Å². The maximum atomic E-state index is 13.2. The van der Waals surface area contributed by atoms with Crippen LogP contribution in [-0.4, -0.2) is 52.7 Å². The van der Waals surface area contributed by atoms with E-state index in [4.69, 9.17) is 0 Å². The van der Waals surface area contributed by atoms with E-state index in [0.717, 1.165) is 15.6 Å². The highest BCUT2D eigenvalue weighted by Crippen LogP contribution is 2.20. The lowest BCUT2D eigenvalue weighted by Gasteiger charge is -2.22. The number of sulfonamides is 1. The Morgan fingerprint density at radius 2 is 1.87 bits per heavy atom. The first kappa shape index (κ1) is 23.5. The first-order chi connectivity index (χ1) is 14.8. The summed E-state index contributed by atoms with van der Waals surface area (Å²) in [6.07, 6.45) is 1.41. The number of halogens is 1. The fourth-order valence-electron chi connectivity index (χ4n) is 2.70. The number of aromatic nitrogens is 3. The van der Waals surface area contributed by atoms with Crippen molar-refractivity contribution in [2.24, 2.45) is 0 Å². The molecule has 3 aromatic rings. The third kappa shape index (κ3) is 6.89. The Bertz CT molecular complexity index is 1090. The van der Waals surface area contributed by atoms with Crippen molar-refractivity contribution < 1.29 is 13.2 Å². The van der Waals surface area contributed by atoms with Gasteiger partial charge in [0, 0.05) is 23.3 Å². The predicted octanol–water partition coefficient (Wildman–Crippen LogP) is 2.98. The van der Waals surface area contributed by atoms with Gasteiger partial charge in [0.25, 0.3) is 0 Å². The summed E-state index contributed by atoms with van der Waals surface area (Å²) in [7, 11) is -3.85. The standard InChI is InChI=1S/C20H22BrN5O3S2/c1-15-2-8-18(9-3-15)31(28,29)26(12-16-4-6-17(21)7-5-16)13-19(27)22-10-11-30-20-23-14-24-25-20/h2-9,14H,10-13H2,1H3,(H,22,27)(H,23,24,25). The molecule has 0 unspecified atom stereocenters. The van der Waals surface area contributed by atoms with Crippen LogP contribution in [0.1, 0.15) is 11.1 Å². The molecule has 0 saturated heterocycles. The number of nitrogens with zero attached hydrogens (tertiary/aromatic N) is 3. The van der Waals surface area contributed by atoms with Gasteiger partial charge >= 0.3 is 0 Å². The molecule has 0 bridgehead atoms. The van der Waals surface area contributed by atoms with Crippen LogP contribution in [0.15, 0.2) is 69.4 Å². The average molecular weight is 524 g/mol. The Morgan fingerprint density at radius 3 is 2.52 bits per heavy atom. The molecule has 0 spiro atoms. The van der Waals surface area contributed by atoms with Crippen LogP contribution in [0.25, 0.3) is 0 Å². The highest BCUT2D eigenvalue weighted by atomic mass is 79.9. The number of aryl methyl sites for hydroxylation is 1. The van der Waals surface area contributed by atoms with Crippen LogP contribution in [0.3, 0.4) is 0 Å². The molecule has 31 heavy (non-hydrogen) atoms. The Morgan fingerprint density at radius 1 is 1.16 bits per heavy atom. The predicted molar refractivity (Wildman–Crippen MR) is 123 cm³/mol. The lowest BCUT2D eigenvalue weighted by molar-refractivity contribution is -0.121. The molecule has 0 atom stereocenters. The number of amides is 1. The van der Waals surface area contributed by atoms with E-state index in [9.17, 15) is 13.2 Å². The fraction of sp³-hybridized carbons (Fsp3) is 0.250. The average Bonchev–Trinajstić information content (AvgIpc) is 3.26. The quantitative estimate of drug-likeness (QED) is 0.312. The van der Waals surface area contributed by atoms with Gasteiger partial charge in [-0.2, -0.15) is 9.40 Å². The molecule has 11 heteroatoms. The molecule has 164 valence electrons. The molecule has 1 heterocycles. The van der Waals surface area contributed by atoms with Gasteiger partial charge in [-0.3, -0.25) is 9.89 Å². The van der Waals surface area contributed by atoms with Gasteiger partial charge < -0.3 is 5.32 Å². The van der Waals surface area contributed by atoms with Crippen molar-refractivity contribution in [3.8, 4) is 0 Å². The third-order valence-corrected chi connectivity index (χ3v) is 7.52. The summed E-state index contributed by atoms with van der Waals surface area (Å²) in [5, 5.41) is 9.92. The van der Waals surface area contributed by atoms with E-state index in [2.05, 4.69) is 36.4 Å². The molecule has 0 fully saturated rings. The molecule has 1 amide bonds. The molecule has 8 nitrogen and oxygen atoms in total. The van der Waals surface area contributed by atoms with Gasteiger partial charge in [0.15, 0.2) is 5.16 Å². The lowest BCUT2D eigenvalue weighted by Crippen LogP contribution is -2.40. The molecule has 0 aliphatic heterocycles. The maximum Gasteiger partial charge on any atom is 0.243 e. The minimum atomic E-state index is -3.85. The molecular weight excluding hydrogens is 502 g/mol. The number of carbonyl (C=O) groups excluding carboxylic acids is 1. The smallest absolute Gasteiger partial charge is 0.243 e. The number of nitrogens with one attached hydrogen (secondary N) is 2. The van der Waals surface area contributed by atoms with E-state index in [-0.39, 0.29) is 23.9 Å². The van der Waals surface area contributed by atoms with Crippen LogP contribution in [-0.2, 0) is 21.4 Å². The fourth-order valence-corrected chi connectivity index (χ4v) is 4.98. The maximum absolute atomic E-state index is 13.2. The number of hydrogen-bond donors (Lipinski definition) is 2. The minimum Gasteiger partial charge on any atom is -0.354 e. The van der Waals surface area contributed by atoms with E-state index < -0.39 is 10.0 Å². The number of benzene rings is 2. The number of H-pyrrole nitrogens is 1. The Hall–Kier alpha value is -2.21. The zero-order chi connectivity index (χ0) is 22.3. The summed E-state index contributed by atoms with van der Waals surface area (Å²) in [6, 6.07) is 13.9. The van der Waals surface area contributed by atoms with Gasteiger partial charge in [0.05, 0.1) is 11.4 Å². The molecule has 0 radical (unpaired) electrons. The molecule has 2 N–H and O–H groups in total. The Kier molecular flexibility index (Phi) is 8.24. The topological polar surface area (TPSA) is 108 Å². The molecule has 3 rings (SSSR count). The molecule has 0 saturated carbocycles. The molecule has 0 aliphatic carbocycles. The van der Waals surface area contributed by atoms with Crippen LogP contribution >= 0.6 is 27.7 Å². The number of aromatic amines is 1. The monoisotopic (exact) mass is 523 g/mol. The van der Waals surface area contributed by atoms with E-state index in [1.54, 1.807) is 24.3 Å². The summed E-state index contributed by atoms with van der Waals surface area (Å²) in [4.78, 5) is 16.7. The zero-order valence-electron chi connectivity index (χ0n) is 16.8. The normalized spacial score (nSPS) is 11.6. The van der Waals surface area contributed by atoms with Gasteiger partial charge in [-0.1, -0.05) is 57.5 Å². The van der Waals surface area contributed by atoms with Crippen molar-refractivity contribution in [2.75, 3.05) is 18.8 Å². The van der Waals surface area contributed by atoms with Crippen molar-refractivity contribution in [1.82, 2.24) is 24.8 Å². The summed E-state index contributed by atoms with van der Waals surface area (Å²) in [5.74, 6) is 0.212. The second-order valence-electron chi connectivity index (χ2n) is 6.70. The highest BCUT2D eigenvalue weighted by Gasteiger charge is 2.26. The number of carbonyl (C=O) groups is 1. The van der Waals surface area contributed by atoms with Crippen molar-refractivity contribution in [3.63, 3.8) is 0 Å². The molecule has 2 aromatic carbocycles. The SMILES string of the molecule is Cc1ccc(S(=O)(=O)N(CC(=O)NCCSc2ncn[nH]2)Cc2ccc(Br)cc2)cc1.